The number of halogens is 1. The van der Waals surface area contributed by atoms with Gasteiger partial charge in [0.2, 0.25) is 10.0 Å². The largest absolute Gasteiger partial charge is 0.328 e. The van der Waals surface area contributed by atoms with Gasteiger partial charge in [-0.1, -0.05) is 88.4 Å². The Hall–Kier alpha value is -3.08. The van der Waals surface area contributed by atoms with Crippen molar-refractivity contribution in [2.45, 2.75) is 52.8 Å². The number of benzene rings is 2. The maximum Gasteiger partial charge on any atom is 0.320 e. The highest BCUT2D eigenvalue weighted by Gasteiger charge is 2.44. The predicted octanol–water partition coefficient (Wildman–Crippen LogP) is 4.83. The van der Waals surface area contributed by atoms with Crippen molar-refractivity contribution in [3.8, 4) is 0 Å². The molecule has 10 heteroatoms. The quantitative estimate of drug-likeness (QED) is 0.394. The molecule has 2 aliphatic heterocycles. The van der Waals surface area contributed by atoms with Crippen LogP contribution >= 0.6 is 0 Å². The minimum absolute atomic E-state index is 0.0819. The number of hydrogen-bond donors (Lipinski definition) is 1. The fraction of sp³-hybridized carbons (Fsp3) is 0.515. The minimum atomic E-state index is -3.37. The maximum absolute atomic E-state index is 15.2. The van der Waals surface area contributed by atoms with E-state index in [4.69, 9.17) is 10.7 Å². The van der Waals surface area contributed by atoms with E-state index in [9.17, 15) is 13.2 Å². The van der Waals surface area contributed by atoms with Crippen LogP contribution in [0.1, 0.15) is 45.2 Å². The lowest BCUT2D eigenvalue weighted by Gasteiger charge is -2.45. The van der Waals surface area contributed by atoms with Gasteiger partial charge < -0.3 is 15.5 Å². The van der Waals surface area contributed by atoms with Gasteiger partial charge in [-0.15, -0.1) is 0 Å². The van der Waals surface area contributed by atoms with E-state index in [2.05, 4.69) is 18.2 Å². The van der Waals surface area contributed by atoms with Crippen molar-refractivity contribution in [2.24, 2.45) is 22.1 Å². The Labute approximate surface area is 256 Å². The second kappa shape index (κ2) is 14.1. The molecule has 2 amide bonds. The summed E-state index contributed by atoms with van der Waals surface area (Å²) in [5, 5.41) is 0. The molecule has 3 atom stereocenters. The van der Waals surface area contributed by atoms with Crippen LogP contribution in [0.25, 0.3) is 5.70 Å². The van der Waals surface area contributed by atoms with Gasteiger partial charge in [-0.3, -0.25) is 4.99 Å². The zero-order valence-electron chi connectivity index (χ0n) is 25.8. The smallest absolute Gasteiger partial charge is 0.320 e. The first-order chi connectivity index (χ1) is 20.4. The van der Waals surface area contributed by atoms with E-state index in [1.165, 1.54) is 4.31 Å². The summed E-state index contributed by atoms with van der Waals surface area (Å²) in [6.45, 7) is 8.50. The van der Waals surface area contributed by atoms with Crippen molar-refractivity contribution < 1.29 is 17.6 Å². The molecule has 1 unspecified atom stereocenters. The van der Waals surface area contributed by atoms with E-state index in [0.717, 1.165) is 22.5 Å². The minimum Gasteiger partial charge on any atom is -0.328 e. The van der Waals surface area contributed by atoms with Crippen molar-refractivity contribution in [1.29, 1.82) is 0 Å². The van der Waals surface area contributed by atoms with Gasteiger partial charge in [-0.25, -0.2) is 17.6 Å². The summed E-state index contributed by atoms with van der Waals surface area (Å²) in [7, 11) is -3.37. The van der Waals surface area contributed by atoms with E-state index >= 15 is 4.39 Å². The normalized spacial score (nSPS) is 19.5. The number of sulfonamides is 1. The van der Waals surface area contributed by atoms with Crippen molar-refractivity contribution >= 4 is 27.5 Å². The fourth-order valence-electron chi connectivity index (χ4n) is 5.98. The predicted molar refractivity (Wildman–Crippen MR) is 172 cm³/mol. The zero-order valence-corrected chi connectivity index (χ0v) is 26.6. The molecule has 0 spiro atoms. The Morgan fingerprint density at radius 1 is 1.05 bits per heavy atom. The Kier molecular flexibility index (Phi) is 10.8. The molecular formula is C33H46FN5O3S. The second-order valence-electron chi connectivity index (χ2n) is 12.5. The highest BCUT2D eigenvalue weighted by atomic mass is 32.2. The number of carbonyl (C=O) groups excluding carboxylic acids is 1. The van der Waals surface area contributed by atoms with E-state index < -0.39 is 27.7 Å². The lowest BCUT2D eigenvalue weighted by atomic mass is 9.77. The van der Waals surface area contributed by atoms with Crippen LogP contribution in [0.4, 0.5) is 9.18 Å². The molecule has 2 aromatic carbocycles. The van der Waals surface area contributed by atoms with Crippen LogP contribution in [0.5, 0.6) is 0 Å². The van der Waals surface area contributed by atoms with Crippen LogP contribution in [0.3, 0.4) is 0 Å². The molecule has 2 N–H and O–H groups in total. The molecule has 234 valence electrons. The number of nitrogens with zero attached hydrogens (tertiary/aromatic N) is 4. The average Bonchev–Trinajstić information content (AvgIpc) is 3.39. The number of rotatable bonds is 11. The SMILES string of the molecule is CCCS(=O)(=O)N1CCN(C(=O)N(C[C@H](F)CN)[C@@H](C2=NC(c3ccccc3)=CC2Cc2ccccc2)C(C)(C)C)CC1. The number of piperazine rings is 1. The number of carbonyl (C=O) groups is 1. The van der Waals surface area contributed by atoms with Gasteiger partial charge in [0.15, 0.2) is 0 Å². The third-order valence-corrected chi connectivity index (χ3v) is 10.1. The lowest BCUT2D eigenvalue weighted by molar-refractivity contribution is 0.0892. The van der Waals surface area contributed by atoms with Gasteiger partial charge >= 0.3 is 6.03 Å². The average molecular weight is 612 g/mol. The van der Waals surface area contributed by atoms with E-state index in [1.807, 2.05) is 76.2 Å². The Balaban J connectivity index is 1.71. The summed E-state index contributed by atoms with van der Waals surface area (Å²) in [4.78, 5) is 22.7. The number of amides is 2. The number of hydrogen-bond acceptors (Lipinski definition) is 5. The van der Waals surface area contributed by atoms with Crippen LogP contribution in [-0.4, -0.2) is 91.5 Å². The first-order valence-electron chi connectivity index (χ1n) is 15.2. The maximum atomic E-state index is 15.2. The van der Waals surface area contributed by atoms with Gasteiger partial charge in [0.05, 0.1) is 24.0 Å². The lowest BCUT2D eigenvalue weighted by Crippen LogP contribution is -2.61. The molecule has 2 aliphatic rings. The highest BCUT2D eigenvalue weighted by Crippen LogP contribution is 2.37. The molecule has 0 aromatic heterocycles. The molecule has 0 aliphatic carbocycles. The summed E-state index contributed by atoms with van der Waals surface area (Å²) in [5.41, 5.74) is 9.03. The summed E-state index contributed by atoms with van der Waals surface area (Å²) in [6.07, 6.45) is 1.96. The van der Waals surface area contributed by atoms with Gasteiger partial charge in [-0.05, 0) is 35.5 Å². The van der Waals surface area contributed by atoms with Crippen molar-refractivity contribution in [2.75, 3.05) is 45.0 Å². The summed E-state index contributed by atoms with van der Waals surface area (Å²) in [5.74, 6) is -0.0254. The van der Waals surface area contributed by atoms with Crippen LogP contribution in [0.15, 0.2) is 71.7 Å². The van der Waals surface area contributed by atoms with Crippen LogP contribution in [0.2, 0.25) is 0 Å². The number of allylic oxidation sites excluding steroid dienone is 1. The molecule has 8 nitrogen and oxygen atoms in total. The van der Waals surface area contributed by atoms with Crippen molar-refractivity contribution in [3.63, 3.8) is 0 Å². The summed E-state index contributed by atoms with van der Waals surface area (Å²) in [6, 6.07) is 19.3. The standard InChI is InChI=1S/C33H46FN5O3S/c1-5-20-43(41,42)38-18-16-37(17-19-38)32(40)39(24-28(34)23-35)31(33(2,3)4)30-27(21-25-12-8-6-9-13-25)22-29(36-30)26-14-10-7-11-15-26/h6-15,22,27-28,31H,5,16-21,23-24,35H2,1-4H3/t27?,28-,31+/m1/s1. The topological polar surface area (TPSA) is 99.3 Å². The van der Waals surface area contributed by atoms with Gasteiger partial charge in [-0.2, -0.15) is 4.31 Å². The number of alkyl halides is 1. The molecule has 0 bridgehead atoms. The first kappa shape index (κ1) is 32.8. The van der Waals surface area contributed by atoms with Gasteiger partial charge in [0, 0.05) is 44.4 Å². The molecule has 2 aromatic rings. The van der Waals surface area contributed by atoms with Crippen LogP contribution < -0.4 is 5.73 Å². The summed E-state index contributed by atoms with van der Waals surface area (Å²) >= 11 is 0. The Morgan fingerprint density at radius 3 is 2.21 bits per heavy atom. The second-order valence-corrected chi connectivity index (χ2v) is 14.6. The molecule has 0 saturated carbocycles. The molecule has 2 heterocycles. The van der Waals surface area contributed by atoms with Gasteiger partial charge in [0.25, 0.3) is 0 Å². The third kappa shape index (κ3) is 8.10. The monoisotopic (exact) mass is 611 g/mol. The Morgan fingerprint density at radius 2 is 1.65 bits per heavy atom. The molecular weight excluding hydrogens is 565 g/mol. The summed E-state index contributed by atoms with van der Waals surface area (Å²) < 4.78 is 41.9. The van der Waals surface area contributed by atoms with Crippen LogP contribution in [-0.2, 0) is 16.4 Å². The van der Waals surface area contributed by atoms with E-state index in [0.29, 0.717) is 12.8 Å². The first-order valence-corrected chi connectivity index (χ1v) is 16.8. The zero-order chi connectivity index (χ0) is 31.2. The fourth-order valence-corrected chi connectivity index (χ4v) is 7.47. The number of nitrogens with two attached hydrogens (primary N) is 1. The molecule has 43 heavy (non-hydrogen) atoms. The number of aliphatic imine (C=N–C) groups is 1. The third-order valence-electron chi connectivity index (χ3n) is 8.03. The van der Waals surface area contributed by atoms with Gasteiger partial charge in [0.1, 0.15) is 6.17 Å². The molecule has 0 radical (unpaired) electrons. The molecule has 1 fully saturated rings. The van der Waals surface area contributed by atoms with E-state index in [-0.39, 0.29) is 57.0 Å². The van der Waals surface area contributed by atoms with E-state index in [1.54, 1.807) is 9.80 Å². The van der Waals surface area contributed by atoms with Crippen molar-refractivity contribution in [1.82, 2.24) is 14.1 Å². The highest BCUT2D eigenvalue weighted by molar-refractivity contribution is 7.89. The van der Waals surface area contributed by atoms with Crippen LogP contribution in [0, 0.1) is 11.3 Å². The van der Waals surface area contributed by atoms with Crippen molar-refractivity contribution in [3.05, 3.63) is 77.9 Å². The Bertz CT molecular complexity index is 1380. The molecule has 4 rings (SSSR count). The number of urea groups is 1. The molecule has 1 saturated heterocycles.